The number of aromatic nitrogens is 2. The van der Waals surface area contributed by atoms with E-state index in [9.17, 15) is 9.90 Å². The minimum Gasteiger partial charge on any atom is -0.481 e. The van der Waals surface area contributed by atoms with Crippen LogP contribution in [-0.2, 0) is 4.79 Å². The molecule has 6 nitrogen and oxygen atoms in total. The summed E-state index contributed by atoms with van der Waals surface area (Å²) in [5.41, 5.74) is 3.35. The minimum absolute atomic E-state index is 0.0144. The number of unbranched alkanes of at least 4 members (excludes halogenated alkanes) is 5. The predicted octanol–water partition coefficient (Wildman–Crippen LogP) is 5.39. The summed E-state index contributed by atoms with van der Waals surface area (Å²) in [5.74, 6) is -0.274. The van der Waals surface area contributed by atoms with Crippen LogP contribution in [0.2, 0.25) is 0 Å². The first-order valence-corrected chi connectivity index (χ1v) is 11.9. The van der Waals surface area contributed by atoms with Crippen LogP contribution >= 0.6 is 0 Å². The zero-order chi connectivity index (χ0) is 22.3. The molecule has 0 spiro atoms. The van der Waals surface area contributed by atoms with E-state index in [1.54, 1.807) is 12.4 Å². The average molecular weight is 433 g/mol. The van der Waals surface area contributed by atoms with Crippen LogP contribution in [0.5, 0.6) is 0 Å². The smallest absolute Gasteiger partial charge is 0.303 e. The molecule has 0 radical (unpaired) electrons. The standard InChI is InChI=1S/C26H32N4O2/c1-2-3-4-5-6-7-12-18-19(17-22(31)32)24-23(18)25(20-13-8-10-15-27-20)29-30-26(24)21-14-9-11-16-28-21/h8-11,13-16,18-19,23-24H,2-7,12,17H2,1H3,(H,31,32)/t18-,19+,23?,24?/m1/s1. The summed E-state index contributed by atoms with van der Waals surface area (Å²) in [5, 5.41) is 18.9. The number of carbonyl (C=O) groups is 1. The number of pyridine rings is 2. The monoisotopic (exact) mass is 432 g/mol. The second kappa shape index (κ2) is 10.6. The van der Waals surface area contributed by atoms with Crippen LogP contribution in [0.25, 0.3) is 0 Å². The molecule has 1 aliphatic heterocycles. The lowest BCUT2D eigenvalue weighted by atomic mass is 9.50. The highest BCUT2D eigenvalue weighted by Crippen LogP contribution is 2.54. The van der Waals surface area contributed by atoms with Crippen LogP contribution in [0, 0.1) is 23.7 Å². The third-order valence-corrected chi connectivity index (χ3v) is 6.91. The fourth-order valence-corrected chi connectivity index (χ4v) is 5.41. The number of fused-ring (bicyclic) bond motifs is 1. The molecule has 2 aromatic rings. The number of nitrogens with zero attached hydrogens (tertiary/aromatic N) is 4. The average Bonchev–Trinajstić information content (AvgIpc) is 2.82. The summed E-state index contributed by atoms with van der Waals surface area (Å²) in [6.45, 7) is 2.23. The molecule has 2 aliphatic rings. The third kappa shape index (κ3) is 4.79. The van der Waals surface area contributed by atoms with E-state index >= 15 is 0 Å². The summed E-state index contributed by atoms with van der Waals surface area (Å²) in [6.07, 6.45) is 12.1. The molecular weight excluding hydrogens is 400 g/mol. The van der Waals surface area contributed by atoms with Crippen molar-refractivity contribution in [2.45, 2.75) is 58.3 Å². The first kappa shape index (κ1) is 22.3. The van der Waals surface area contributed by atoms with Gasteiger partial charge < -0.3 is 5.11 Å². The van der Waals surface area contributed by atoms with Crippen molar-refractivity contribution in [3.63, 3.8) is 0 Å². The second-order valence-corrected chi connectivity index (χ2v) is 8.93. The van der Waals surface area contributed by atoms with Crippen LogP contribution in [-0.4, -0.2) is 32.5 Å². The lowest BCUT2D eigenvalue weighted by Crippen LogP contribution is -2.56. The zero-order valence-corrected chi connectivity index (χ0v) is 18.7. The largest absolute Gasteiger partial charge is 0.481 e. The van der Waals surface area contributed by atoms with Crippen molar-refractivity contribution in [2.24, 2.45) is 33.9 Å². The van der Waals surface area contributed by atoms with Gasteiger partial charge in [-0.25, -0.2) is 0 Å². The molecular formula is C26H32N4O2. The van der Waals surface area contributed by atoms with Crippen LogP contribution in [0.3, 0.4) is 0 Å². The van der Waals surface area contributed by atoms with E-state index in [4.69, 9.17) is 0 Å². The molecule has 1 fully saturated rings. The van der Waals surface area contributed by atoms with Crippen molar-refractivity contribution in [3.05, 3.63) is 60.2 Å². The molecule has 1 saturated carbocycles. The number of rotatable bonds is 11. The van der Waals surface area contributed by atoms with Crippen LogP contribution < -0.4 is 0 Å². The fourth-order valence-electron chi connectivity index (χ4n) is 5.41. The van der Waals surface area contributed by atoms with Gasteiger partial charge in [-0.15, -0.1) is 0 Å². The van der Waals surface area contributed by atoms with Crippen molar-refractivity contribution < 1.29 is 9.90 Å². The quantitative estimate of drug-likeness (QED) is 0.482. The van der Waals surface area contributed by atoms with Gasteiger partial charge in [0.05, 0.1) is 22.8 Å². The highest BCUT2D eigenvalue weighted by Gasteiger charge is 2.56. The molecule has 0 amide bonds. The molecule has 3 heterocycles. The van der Waals surface area contributed by atoms with E-state index in [2.05, 4.69) is 27.1 Å². The fraction of sp³-hybridized carbons (Fsp3) is 0.500. The normalized spacial score (nSPS) is 24.2. The third-order valence-electron chi connectivity index (χ3n) is 6.91. The molecule has 0 aromatic carbocycles. The van der Waals surface area contributed by atoms with Gasteiger partial charge in [0.2, 0.25) is 0 Å². The SMILES string of the molecule is CCCCCCCC[C@H]1C2C(c3ccccn3)=NN=C(c3ccccn3)C2[C@H]1CC(=O)O. The Morgan fingerprint density at radius 2 is 1.38 bits per heavy atom. The summed E-state index contributed by atoms with van der Waals surface area (Å²) in [7, 11) is 0. The lowest BCUT2D eigenvalue weighted by Gasteiger charge is -2.53. The summed E-state index contributed by atoms with van der Waals surface area (Å²) in [6, 6.07) is 11.6. The molecule has 2 unspecified atom stereocenters. The Kier molecular flexibility index (Phi) is 7.40. The maximum atomic E-state index is 11.8. The van der Waals surface area contributed by atoms with E-state index in [1.807, 2.05) is 36.4 Å². The molecule has 6 heteroatoms. The molecule has 0 bridgehead atoms. The first-order valence-electron chi connectivity index (χ1n) is 11.9. The topological polar surface area (TPSA) is 87.8 Å². The van der Waals surface area contributed by atoms with Crippen molar-refractivity contribution in [1.29, 1.82) is 0 Å². The van der Waals surface area contributed by atoms with Crippen LogP contribution in [0.1, 0.15) is 69.7 Å². The highest BCUT2D eigenvalue weighted by atomic mass is 16.4. The van der Waals surface area contributed by atoms with Crippen LogP contribution in [0.15, 0.2) is 59.0 Å². The molecule has 1 aliphatic carbocycles. The van der Waals surface area contributed by atoms with Gasteiger partial charge in [0, 0.05) is 30.7 Å². The summed E-state index contributed by atoms with van der Waals surface area (Å²) < 4.78 is 0. The maximum Gasteiger partial charge on any atom is 0.303 e. The molecule has 0 saturated heterocycles. The number of carboxylic acids is 1. The van der Waals surface area contributed by atoms with Gasteiger partial charge in [-0.3, -0.25) is 14.8 Å². The number of hydrogen-bond donors (Lipinski definition) is 1. The molecule has 168 valence electrons. The van der Waals surface area contributed by atoms with Gasteiger partial charge in [0.1, 0.15) is 0 Å². The van der Waals surface area contributed by atoms with E-state index in [-0.39, 0.29) is 30.1 Å². The molecule has 32 heavy (non-hydrogen) atoms. The van der Waals surface area contributed by atoms with Gasteiger partial charge in [0.15, 0.2) is 0 Å². The summed E-state index contributed by atoms with van der Waals surface area (Å²) in [4.78, 5) is 20.8. The number of hydrogen-bond acceptors (Lipinski definition) is 5. The highest BCUT2D eigenvalue weighted by molar-refractivity contribution is 6.11. The molecule has 2 aromatic heterocycles. The Morgan fingerprint density at radius 1 is 0.812 bits per heavy atom. The zero-order valence-electron chi connectivity index (χ0n) is 18.7. The van der Waals surface area contributed by atoms with Gasteiger partial charge in [0.25, 0.3) is 0 Å². The van der Waals surface area contributed by atoms with Gasteiger partial charge in [-0.2, -0.15) is 10.2 Å². The molecule has 4 rings (SSSR count). The van der Waals surface area contributed by atoms with E-state index < -0.39 is 5.97 Å². The Morgan fingerprint density at radius 3 is 1.91 bits per heavy atom. The van der Waals surface area contributed by atoms with Crippen molar-refractivity contribution >= 4 is 17.4 Å². The van der Waals surface area contributed by atoms with Crippen molar-refractivity contribution in [1.82, 2.24) is 9.97 Å². The van der Waals surface area contributed by atoms with E-state index in [0.29, 0.717) is 0 Å². The van der Waals surface area contributed by atoms with E-state index in [0.717, 1.165) is 35.7 Å². The Balaban J connectivity index is 1.61. The predicted molar refractivity (Wildman–Crippen MR) is 126 cm³/mol. The van der Waals surface area contributed by atoms with E-state index in [1.165, 1.54) is 32.1 Å². The summed E-state index contributed by atoms with van der Waals surface area (Å²) >= 11 is 0. The Bertz CT molecular complexity index is 958. The number of carboxylic acid groups (broad SMARTS) is 1. The Labute approximate surface area is 189 Å². The number of aliphatic carboxylic acids is 1. The minimum atomic E-state index is -0.747. The van der Waals surface area contributed by atoms with Gasteiger partial charge in [-0.1, -0.05) is 57.6 Å². The Hall–Kier alpha value is -2.89. The van der Waals surface area contributed by atoms with Crippen molar-refractivity contribution in [2.75, 3.05) is 0 Å². The van der Waals surface area contributed by atoms with Crippen LogP contribution in [0.4, 0.5) is 0 Å². The molecule has 1 N–H and O–H groups in total. The van der Waals surface area contributed by atoms with Gasteiger partial charge >= 0.3 is 5.97 Å². The molecule has 4 atom stereocenters. The van der Waals surface area contributed by atoms with Crippen molar-refractivity contribution in [3.8, 4) is 0 Å². The maximum absolute atomic E-state index is 11.8. The van der Waals surface area contributed by atoms with Gasteiger partial charge in [-0.05, 0) is 42.5 Å². The first-order chi connectivity index (χ1) is 15.7. The lowest BCUT2D eigenvalue weighted by molar-refractivity contribution is -0.141. The second-order valence-electron chi connectivity index (χ2n) is 8.93.